The molecule has 2 rings (SSSR count). The van der Waals surface area contributed by atoms with E-state index in [9.17, 15) is 9.90 Å². The van der Waals surface area contributed by atoms with Crippen LogP contribution in [-0.2, 0) is 11.3 Å². The van der Waals surface area contributed by atoms with E-state index < -0.39 is 0 Å². The van der Waals surface area contributed by atoms with Crippen molar-refractivity contribution in [2.24, 2.45) is 0 Å². The van der Waals surface area contributed by atoms with Crippen LogP contribution in [0.3, 0.4) is 0 Å². The Kier molecular flexibility index (Phi) is 4.85. The summed E-state index contributed by atoms with van der Waals surface area (Å²) >= 11 is 3.29. The van der Waals surface area contributed by atoms with Gasteiger partial charge in [0, 0.05) is 12.2 Å². The number of carbonyl (C=O) groups is 1. The number of benzene rings is 2. The molecule has 0 heterocycles. The van der Waals surface area contributed by atoms with Gasteiger partial charge in [-0.05, 0) is 58.2 Å². The van der Waals surface area contributed by atoms with E-state index in [1.165, 1.54) is 7.11 Å². The van der Waals surface area contributed by atoms with E-state index in [1.807, 2.05) is 25.1 Å². The molecule has 0 aliphatic heterocycles. The Bertz CT molecular complexity index is 671. The summed E-state index contributed by atoms with van der Waals surface area (Å²) in [5.74, 6) is -0.145. The van der Waals surface area contributed by atoms with E-state index in [0.717, 1.165) is 16.8 Å². The van der Waals surface area contributed by atoms with Crippen LogP contribution in [0.2, 0.25) is 0 Å². The lowest BCUT2D eigenvalue weighted by molar-refractivity contribution is 0.0601. The van der Waals surface area contributed by atoms with Gasteiger partial charge in [-0.2, -0.15) is 0 Å². The Morgan fingerprint density at radius 3 is 2.71 bits per heavy atom. The average molecular weight is 350 g/mol. The lowest BCUT2D eigenvalue weighted by atomic mass is 10.1. The van der Waals surface area contributed by atoms with Crippen molar-refractivity contribution in [1.82, 2.24) is 0 Å². The molecule has 0 saturated carbocycles. The number of nitrogens with one attached hydrogen (secondary N) is 1. The van der Waals surface area contributed by atoms with Gasteiger partial charge in [-0.15, -0.1) is 0 Å². The fourth-order valence-electron chi connectivity index (χ4n) is 1.91. The molecule has 0 radical (unpaired) electrons. The molecule has 0 amide bonds. The zero-order chi connectivity index (χ0) is 15.4. The first-order valence-corrected chi connectivity index (χ1v) is 7.21. The summed E-state index contributed by atoms with van der Waals surface area (Å²) in [4.78, 5) is 11.5. The number of hydrogen-bond donors (Lipinski definition) is 2. The minimum atomic E-state index is -0.356. The molecule has 0 unspecified atom stereocenters. The van der Waals surface area contributed by atoms with E-state index in [-0.39, 0.29) is 11.7 Å². The molecule has 0 atom stereocenters. The number of anilines is 1. The highest BCUT2D eigenvalue weighted by molar-refractivity contribution is 9.10. The van der Waals surface area contributed by atoms with Gasteiger partial charge in [-0.3, -0.25) is 0 Å². The van der Waals surface area contributed by atoms with Crippen molar-refractivity contribution in [3.8, 4) is 5.75 Å². The maximum Gasteiger partial charge on any atom is 0.337 e. The normalized spacial score (nSPS) is 10.2. The maximum atomic E-state index is 11.5. The second kappa shape index (κ2) is 6.63. The Morgan fingerprint density at radius 1 is 1.29 bits per heavy atom. The van der Waals surface area contributed by atoms with Gasteiger partial charge in [0.15, 0.2) is 0 Å². The first-order chi connectivity index (χ1) is 10.0. The quantitative estimate of drug-likeness (QED) is 0.822. The first kappa shape index (κ1) is 15.4. The molecule has 0 saturated heterocycles. The number of phenols is 1. The number of halogens is 1. The lowest BCUT2D eigenvalue weighted by Crippen LogP contribution is -2.05. The number of phenolic OH excluding ortho intramolecular Hbond substituents is 1. The number of rotatable bonds is 4. The number of esters is 1. The van der Waals surface area contributed by atoms with Crippen LogP contribution in [0.1, 0.15) is 21.5 Å². The van der Waals surface area contributed by atoms with Gasteiger partial charge in [0.2, 0.25) is 0 Å². The highest BCUT2D eigenvalue weighted by atomic mass is 79.9. The van der Waals surface area contributed by atoms with Crippen LogP contribution in [0.4, 0.5) is 5.69 Å². The first-order valence-electron chi connectivity index (χ1n) is 6.41. The highest BCUT2D eigenvalue weighted by Gasteiger charge is 2.08. The number of ether oxygens (including phenoxy) is 1. The van der Waals surface area contributed by atoms with Gasteiger partial charge in [0.1, 0.15) is 5.75 Å². The third-order valence-electron chi connectivity index (χ3n) is 3.15. The molecule has 0 bridgehead atoms. The predicted octanol–water partition coefficient (Wildman–Crippen LogP) is 3.86. The molecule has 0 spiro atoms. The zero-order valence-corrected chi connectivity index (χ0v) is 13.4. The van der Waals surface area contributed by atoms with Gasteiger partial charge in [0.05, 0.1) is 17.1 Å². The van der Waals surface area contributed by atoms with Crippen molar-refractivity contribution in [3.05, 3.63) is 57.6 Å². The Balaban J connectivity index is 2.15. The van der Waals surface area contributed by atoms with E-state index in [2.05, 4.69) is 21.2 Å². The monoisotopic (exact) mass is 349 g/mol. The SMILES string of the molecule is COC(=O)c1ccc(C)c(NCc2ccc(O)c(Br)c2)c1. The number of aryl methyl sites for hydroxylation is 1. The second-order valence-electron chi connectivity index (χ2n) is 4.66. The fourth-order valence-corrected chi connectivity index (χ4v) is 2.34. The second-order valence-corrected chi connectivity index (χ2v) is 5.51. The molecular weight excluding hydrogens is 334 g/mol. The molecule has 21 heavy (non-hydrogen) atoms. The van der Waals surface area contributed by atoms with Gasteiger partial charge in [-0.1, -0.05) is 12.1 Å². The van der Waals surface area contributed by atoms with Crippen LogP contribution in [-0.4, -0.2) is 18.2 Å². The summed E-state index contributed by atoms with van der Waals surface area (Å²) in [6, 6.07) is 10.7. The van der Waals surface area contributed by atoms with Crippen molar-refractivity contribution < 1.29 is 14.6 Å². The molecule has 0 aliphatic carbocycles. The van der Waals surface area contributed by atoms with E-state index in [0.29, 0.717) is 16.6 Å². The molecule has 0 aromatic heterocycles. The number of methoxy groups -OCH3 is 1. The highest BCUT2D eigenvalue weighted by Crippen LogP contribution is 2.25. The van der Waals surface area contributed by atoms with Gasteiger partial charge < -0.3 is 15.2 Å². The molecule has 5 heteroatoms. The van der Waals surface area contributed by atoms with Gasteiger partial charge >= 0.3 is 5.97 Å². The van der Waals surface area contributed by atoms with Crippen LogP contribution >= 0.6 is 15.9 Å². The molecule has 4 nitrogen and oxygen atoms in total. The van der Waals surface area contributed by atoms with Gasteiger partial charge in [0.25, 0.3) is 0 Å². The molecule has 2 aromatic rings. The third-order valence-corrected chi connectivity index (χ3v) is 3.79. The topological polar surface area (TPSA) is 58.6 Å². The summed E-state index contributed by atoms with van der Waals surface area (Å²) in [6.07, 6.45) is 0. The van der Waals surface area contributed by atoms with Crippen LogP contribution < -0.4 is 5.32 Å². The molecular formula is C16H16BrNO3. The molecule has 2 N–H and O–H groups in total. The van der Waals surface area contributed by atoms with Crippen LogP contribution in [0.25, 0.3) is 0 Å². The van der Waals surface area contributed by atoms with Gasteiger partial charge in [-0.25, -0.2) is 4.79 Å². The minimum Gasteiger partial charge on any atom is -0.507 e. The summed E-state index contributed by atoms with van der Waals surface area (Å²) in [7, 11) is 1.36. The maximum absolute atomic E-state index is 11.5. The van der Waals surface area contributed by atoms with E-state index in [1.54, 1.807) is 18.2 Å². The Hall–Kier alpha value is -2.01. The van der Waals surface area contributed by atoms with Crippen molar-refractivity contribution in [2.45, 2.75) is 13.5 Å². The summed E-state index contributed by atoms with van der Waals surface area (Å²) in [5.41, 5.74) is 3.45. The van der Waals surface area contributed by atoms with Crippen molar-refractivity contribution in [1.29, 1.82) is 0 Å². The fraction of sp³-hybridized carbons (Fsp3) is 0.188. The van der Waals surface area contributed by atoms with Crippen LogP contribution in [0.15, 0.2) is 40.9 Å². The van der Waals surface area contributed by atoms with Crippen molar-refractivity contribution in [3.63, 3.8) is 0 Å². The van der Waals surface area contributed by atoms with Crippen molar-refractivity contribution >= 4 is 27.6 Å². The summed E-state index contributed by atoms with van der Waals surface area (Å²) in [6.45, 7) is 2.56. The summed E-state index contributed by atoms with van der Waals surface area (Å²) < 4.78 is 5.38. The van der Waals surface area contributed by atoms with E-state index in [4.69, 9.17) is 4.74 Å². The Labute approximate surface area is 131 Å². The minimum absolute atomic E-state index is 0.211. The molecule has 0 fully saturated rings. The average Bonchev–Trinajstić information content (AvgIpc) is 2.49. The van der Waals surface area contributed by atoms with Crippen LogP contribution in [0, 0.1) is 6.92 Å². The van der Waals surface area contributed by atoms with Crippen molar-refractivity contribution in [2.75, 3.05) is 12.4 Å². The number of hydrogen-bond acceptors (Lipinski definition) is 4. The molecule has 2 aromatic carbocycles. The molecule has 0 aliphatic rings. The zero-order valence-electron chi connectivity index (χ0n) is 11.8. The predicted molar refractivity (Wildman–Crippen MR) is 85.7 cm³/mol. The largest absolute Gasteiger partial charge is 0.507 e. The third kappa shape index (κ3) is 3.76. The standard InChI is InChI=1S/C16H16BrNO3/c1-10-3-5-12(16(20)21-2)8-14(10)18-9-11-4-6-15(19)13(17)7-11/h3-8,18-19H,9H2,1-2H3. The number of aromatic hydroxyl groups is 1. The Morgan fingerprint density at radius 2 is 2.05 bits per heavy atom. The molecule has 110 valence electrons. The smallest absolute Gasteiger partial charge is 0.337 e. The van der Waals surface area contributed by atoms with E-state index >= 15 is 0 Å². The number of carbonyl (C=O) groups excluding carboxylic acids is 1. The van der Waals surface area contributed by atoms with Crippen LogP contribution in [0.5, 0.6) is 5.75 Å². The summed E-state index contributed by atoms with van der Waals surface area (Å²) in [5, 5.41) is 12.8. The lowest BCUT2D eigenvalue weighted by Gasteiger charge is -2.11.